The van der Waals surface area contributed by atoms with Gasteiger partial charge in [0.25, 0.3) is 0 Å². The summed E-state index contributed by atoms with van der Waals surface area (Å²) >= 11 is 0. The van der Waals surface area contributed by atoms with Crippen LogP contribution in [-0.4, -0.2) is 27.0 Å². The smallest absolute Gasteiger partial charge is 0.242 e. The van der Waals surface area contributed by atoms with E-state index in [-0.39, 0.29) is 11.3 Å². The third kappa shape index (κ3) is 6.21. The number of rotatable bonds is 9. The fourth-order valence-electron chi connectivity index (χ4n) is 3.62. The fraction of sp³-hybridized carbons (Fsp3) is 0.269. The average Bonchev–Trinajstić information content (AvgIpc) is 2.78. The lowest BCUT2D eigenvalue weighted by atomic mass is 10.0. The molecule has 0 radical (unpaired) electrons. The molecule has 0 saturated heterocycles. The lowest BCUT2D eigenvalue weighted by Crippen LogP contribution is -2.45. The van der Waals surface area contributed by atoms with Gasteiger partial charge in [-0.2, -0.15) is 4.72 Å². The van der Waals surface area contributed by atoms with Crippen LogP contribution < -0.4 is 14.8 Å². The molecule has 3 rings (SSSR count). The highest BCUT2D eigenvalue weighted by Crippen LogP contribution is 2.23. The van der Waals surface area contributed by atoms with Gasteiger partial charge >= 0.3 is 0 Å². The van der Waals surface area contributed by atoms with E-state index in [1.54, 1.807) is 19.1 Å². The molecule has 0 heterocycles. The third-order valence-electron chi connectivity index (χ3n) is 5.38. The van der Waals surface area contributed by atoms with Gasteiger partial charge in [0.2, 0.25) is 15.9 Å². The Morgan fingerprint density at radius 3 is 2.18 bits per heavy atom. The maximum Gasteiger partial charge on any atom is 0.242 e. The summed E-state index contributed by atoms with van der Waals surface area (Å²) in [6.07, 6.45) is 0.215. The molecule has 0 aliphatic heterocycles. The zero-order chi connectivity index (χ0) is 24.0. The van der Waals surface area contributed by atoms with E-state index < -0.39 is 22.0 Å². The molecule has 0 saturated carbocycles. The Morgan fingerprint density at radius 1 is 0.909 bits per heavy atom. The highest BCUT2D eigenvalue weighted by atomic mass is 32.2. The summed E-state index contributed by atoms with van der Waals surface area (Å²) < 4.78 is 34.6. The first-order valence-electron chi connectivity index (χ1n) is 10.9. The molecular weight excluding hydrogens is 436 g/mol. The molecule has 174 valence electrons. The monoisotopic (exact) mass is 466 g/mol. The molecule has 33 heavy (non-hydrogen) atoms. The van der Waals surface area contributed by atoms with Crippen molar-refractivity contribution in [1.82, 2.24) is 4.72 Å². The van der Waals surface area contributed by atoms with Crippen molar-refractivity contribution in [3.05, 3.63) is 89.0 Å². The number of anilines is 1. The minimum absolute atomic E-state index is 0.0846. The molecule has 3 aromatic carbocycles. The molecule has 3 aromatic rings. The van der Waals surface area contributed by atoms with Crippen molar-refractivity contribution in [2.45, 2.75) is 45.1 Å². The summed E-state index contributed by atoms with van der Waals surface area (Å²) in [5, 5.41) is 2.92. The fourth-order valence-corrected chi connectivity index (χ4v) is 4.90. The Labute approximate surface area is 196 Å². The van der Waals surface area contributed by atoms with Crippen molar-refractivity contribution in [3.63, 3.8) is 0 Å². The molecule has 0 aromatic heterocycles. The number of hydrogen-bond donors (Lipinski definition) is 2. The molecule has 2 N–H and O–H groups in total. The van der Waals surface area contributed by atoms with Gasteiger partial charge in [0.1, 0.15) is 11.8 Å². The lowest BCUT2D eigenvalue weighted by Gasteiger charge is -2.21. The van der Waals surface area contributed by atoms with Crippen molar-refractivity contribution in [1.29, 1.82) is 0 Å². The SMILES string of the molecule is CCOc1ccc(S(=O)(=O)N[C@@H](Cc2ccccc2)C(=O)Nc2c(C)cccc2C)cc1C. The lowest BCUT2D eigenvalue weighted by molar-refractivity contribution is -0.117. The Hall–Kier alpha value is -3.16. The van der Waals surface area contributed by atoms with Gasteiger partial charge in [0.05, 0.1) is 11.5 Å². The van der Waals surface area contributed by atoms with Crippen LogP contribution in [0.15, 0.2) is 71.6 Å². The van der Waals surface area contributed by atoms with E-state index in [1.807, 2.05) is 69.3 Å². The van der Waals surface area contributed by atoms with E-state index in [2.05, 4.69) is 10.0 Å². The molecule has 6 nitrogen and oxygen atoms in total. The number of nitrogens with one attached hydrogen (secondary N) is 2. The summed E-state index contributed by atoms with van der Waals surface area (Å²) in [5.41, 5.74) is 4.07. The first kappa shape index (κ1) is 24.5. The van der Waals surface area contributed by atoms with Crippen LogP contribution in [0.4, 0.5) is 5.69 Å². The summed E-state index contributed by atoms with van der Waals surface area (Å²) in [5.74, 6) is 0.215. The zero-order valence-electron chi connectivity index (χ0n) is 19.4. The second kappa shape index (κ2) is 10.6. The second-order valence-corrected chi connectivity index (χ2v) is 9.69. The Balaban J connectivity index is 1.90. The summed E-state index contributed by atoms with van der Waals surface area (Å²) in [6.45, 7) is 7.96. The molecule has 0 bridgehead atoms. The first-order valence-corrected chi connectivity index (χ1v) is 12.4. The van der Waals surface area contributed by atoms with E-state index in [0.717, 1.165) is 16.7 Å². The van der Waals surface area contributed by atoms with Crippen molar-refractivity contribution in [2.75, 3.05) is 11.9 Å². The molecule has 0 unspecified atom stereocenters. The highest BCUT2D eigenvalue weighted by molar-refractivity contribution is 7.89. The third-order valence-corrected chi connectivity index (χ3v) is 6.85. The topological polar surface area (TPSA) is 84.5 Å². The highest BCUT2D eigenvalue weighted by Gasteiger charge is 2.27. The largest absolute Gasteiger partial charge is 0.494 e. The number of amides is 1. The van der Waals surface area contributed by atoms with Gasteiger partial charge in [-0.25, -0.2) is 8.42 Å². The number of benzene rings is 3. The molecule has 0 aliphatic rings. The van der Waals surface area contributed by atoms with Crippen molar-refractivity contribution < 1.29 is 17.9 Å². The van der Waals surface area contributed by atoms with Crippen molar-refractivity contribution >= 4 is 21.6 Å². The summed E-state index contributed by atoms with van der Waals surface area (Å²) in [6, 6.07) is 18.7. The van der Waals surface area contributed by atoms with Crippen molar-refractivity contribution in [3.8, 4) is 5.75 Å². The van der Waals surface area contributed by atoms with Gasteiger partial charge < -0.3 is 10.1 Å². The molecule has 0 fully saturated rings. The Bertz CT molecular complexity index is 1200. The van der Waals surface area contributed by atoms with Crippen LogP contribution in [0.1, 0.15) is 29.2 Å². The van der Waals surface area contributed by atoms with Gasteiger partial charge in [0, 0.05) is 5.69 Å². The number of carbonyl (C=O) groups excluding carboxylic acids is 1. The van der Waals surface area contributed by atoms with Crippen LogP contribution in [0.5, 0.6) is 5.75 Å². The van der Waals surface area contributed by atoms with E-state index in [0.29, 0.717) is 23.6 Å². The van der Waals surface area contributed by atoms with E-state index in [9.17, 15) is 13.2 Å². The second-order valence-electron chi connectivity index (χ2n) is 7.98. The van der Waals surface area contributed by atoms with Crippen LogP contribution >= 0.6 is 0 Å². The van der Waals surface area contributed by atoms with E-state index in [4.69, 9.17) is 4.74 Å². The van der Waals surface area contributed by atoms with Gasteiger partial charge in [0.15, 0.2) is 0 Å². The predicted molar refractivity (Wildman–Crippen MR) is 131 cm³/mol. The predicted octanol–water partition coefficient (Wildman–Crippen LogP) is 4.54. The molecule has 0 spiro atoms. The molecular formula is C26H30N2O4S. The van der Waals surface area contributed by atoms with Gasteiger partial charge in [-0.15, -0.1) is 0 Å². The standard InChI is InChI=1S/C26H30N2O4S/c1-5-32-24-15-14-22(16-20(24)4)33(30,31)28-23(17-21-12-7-6-8-13-21)26(29)27-25-18(2)10-9-11-19(25)3/h6-16,23,28H,5,17H2,1-4H3,(H,27,29)/t23-/m0/s1. The minimum atomic E-state index is -3.96. The Morgan fingerprint density at radius 2 is 1.58 bits per heavy atom. The number of ether oxygens (including phenoxy) is 1. The van der Waals surface area contributed by atoms with E-state index in [1.165, 1.54) is 6.07 Å². The zero-order valence-corrected chi connectivity index (χ0v) is 20.2. The van der Waals surface area contributed by atoms with Gasteiger partial charge in [-0.05, 0) is 74.6 Å². The normalized spacial score (nSPS) is 12.2. The Kier molecular flexibility index (Phi) is 7.89. The van der Waals surface area contributed by atoms with Crippen LogP contribution in [0, 0.1) is 20.8 Å². The number of hydrogen-bond acceptors (Lipinski definition) is 4. The molecule has 1 atom stereocenters. The van der Waals surface area contributed by atoms with Gasteiger partial charge in [-0.3, -0.25) is 4.79 Å². The van der Waals surface area contributed by atoms with Crippen molar-refractivity contribution in [2.24, 2.45) is 0 Å². The number of sulfonamides is 1. The van der Waals surface area contributed by atoms with Crippen LogP contribution in [0.25, 0.3) is 0 Å². The molecule has 1 amide bonds. The summed E-state index contributed by atoms with van der Waals surface area (Å²) in [7, 11) is -3.96. The van der Waals surface area contributed by atoms with Crippen LogP contribution in [0.3, 0.4) is 0 Å². The molecule has 0 aliphatic carbocycles. The number of carbonyl (C=O) groups is 1. The van der Waals surface area contributed by atoms with Crippen LogP contribution in [0.2, 0.25) is 0 Å². The van der Waals surface area contributed by atoms with Crippen LogP contribution in [-0.2, 0) is 21.2 Å². The number of aryl methyl sites for hydroxylation is 3. The summed E-state index contributed by atoms with van der Waals surface area (Å²) in [4.78, 5) is 13.4. The van der Waals surface area contributed by atoms with Gasteiger partial charge in [-0.1, -0.05) is 48.5 Å². The maximum atomic E-state index is 13.3. The van der Waals surface area contributed by atoms with E-state index >= 15 is 0 Å². The number of para-hydroxylation sites is 1. The average molecular weight is 467 g/mol. The quantitative estimate of drug-likeness (QED) is 0.485. The minimum Gasteiger partial charge on any atom is -0.494 e. The maximum absolute atomic E-state index is 13.3. The molecule has 7 heteroatoms. The first-order chi connectivity index (χ1) is 15.7.